The molecule has 0 radical (unpaired) electrons. The Morgan fingerprint density at radius 2 is 1.53 bits per heavy atom. The Hall–Kier alpha value is -3.51. The molecular weight excluding hydrogens is 455 g/mol. The van der Waals surface area contributed by atoms with Crippen LogP contribution in [0.25, 0.3) is 11.1 Å². The summed E-state index contributed by atoms with van der Waals surface area (Å²) in [5.41, 5.74) is 2.88. The smallest absolute Gasteiger partial charge is 0.251 e. The van der Waals surface area contributed by atoms with Crippen molar-refractivity contribution < 1.29 is 18.7 Å². The minimum absolute atomic E-state index is 0.0618. The van der Waals surface area contributed by atoms with Crippen LogP contribution in [0.2, 0.25) is 0 Å². The molecule has 0 fully saturated rings. The van der Waals surface area contributed by atoms with Gasteiger partial charge in [-0.15, -0.1) is 0 Å². The number of nitrogens with one attached hydrogen (secondary N) is 2. The predicted molar refractivity (Wildman–Crippen MR) is 141 cm³/mol. The number of methoxy groups -OCH3 is 1. The van der Waals surface area contributed by atoms with E-state index in [4.69, 9.17) is 4.74 Å². The Labute approximate surface area is 213 Å². The number of benzene rings is 3. The van der Waals surface area contributed by atoms with Crippen LogP contribution in [0.5, 0.6) is 0 Å². The molecule has 0 spiro atoms. The Morgan fingerprint density at radius 1 is 0.917 bits per heavy atom. The molecule has 2 amide bonds. The number of hydrogen-bond donors (Lipinski definition) is 2. The van der Waals surface area contributed by atoms with Gasteiger partial charge in [0.05, 0.1) is 0 Å². The highest BCUT2D eigenvalue weighted by Gasteiger charge is 2.29. The fourth-order valence-corrected chi connectivity index (χ4v) is 4.25. The molecule has 0 aromatic heterocycles. The molecule has 3 rings (SSSR count). The first-order chi connectivity index (χ1) is 17.2. The zero-order chi connectivity index (χ0) is 26.1. The summed E-state index contributed by atoms with van der Waals surface area (Å²) in [4.78, 5) is 26.4. The highest BCUT2D eigenvalue weighted by Crippen LogP contribution is 2.20. The molecule has 0 bridgehead atoms. The van der Waals surface area contributed by atoms with E-state index in [-0.39, 0.29) is 23.5 Å². The van der Waals surface area contributed by atoms with Crippen LogP contribution in [-0.2, 0) is 16.0 Å². The zero-order valence-corrected chi connectivity index (χ0v) is 21.4. The first-order valence-electron chi connectivity index (χ1n) is 12.2. The predicted octanol–water partition coefficient (Wildman–Crippen LogP) is 5.40. The van der Waals surface area contributed by atoms with Gasteiger partial charge < -0.3 is 15.4 Å². The second kappa shape index (κ2) is 12.5. The Morgan fingerprint density at radius 3 is 2.14 bits per heavy atom. The summed E-state index contributed by atoms with van der Waals surface area (Å²) in [6, 6.07) is 22.8. The van der Waals surface area contributed by atoms with Gasteiger partial charge in [-0.1, -0.05) is 61.5 Å². The molecule has 0 aliphatic carbocycles. The Bertz CT molecular complexity index is 1130. The summed E-state index contributed by atoms with van der Waals surface area (Å²) in [5.74, 6) is -0.811. The molecule has 2 N–H and O–H groups in total. The molecule has 0 saturated carbocycles. The molecule has 3 aromatic rings. The third-order valence-corrected chi connectivity index (χ3v) is 5.99. The van der Waals surface area contributed by atoms with Gasteiger partial charge in [-0.25, -0.2) is 4.39 Å². The van der Waals surface area contributed by atoms with E-state index in [1.54, 1.807) is 31.4 Å². The van der Waals surface area contributed by atoms with Crippen LogP contribution in [0.3, 0.4) is 0 Å². The topological polar surface area (TPSA) is 67.4 Å². The van der Waals surface area contributed by atoms with Crippen LogP contribution < -0.4 is 10.6 Å². The number of hydrogen-bond acceptors (Lipinski definition) is 3. The van der Waals surface area contributed by atoms with Gasteiger partial charge in [0.2, 0.25) is 5.91 Å². The highest BCUT2D eigenvalue weighted by molar-refractivity contribution is 5.98. The lowest BCUT2D eigenvalue weighted by Gasteiger charge is -2.30. The minimum Gasteiger partial charge on any atom is -0.384 e. The summed E-state index contributed by atoms with van der Waals surface area (Å²) in [7, 11) is 1.62. The van der Waals surface area contributed by atoms with E-state index in [0.29, 0.717) is 25.0 Å². The second-order valence-corrected chi connectivity index (χ2v) is 9.94. The van der Waals surface area contributed by atoms with E-state index in [2.05, 4.69) is 10.6 Å². The van der Waals surface area contributed by atoms with Crippen molar-refractivity contribution in [2.45, 2.75) is 45.2 Å². The van der Waals surface area contributed by atoms with Gasteiger partial charge in [-0.2, -0.15) is 0 Å². The lowest BCUT2D eigenvalue weighted by Crippen LogP contribution is -2.54. The molecule has 0 saturated heterocycles. The lowest BCUT2D eigenvalue weighted by molar-refractivity contribution is -0.125. The summed E-state index contributed by atoms with van der Waals surface area (Å²) in [5, 5.41) is 5.99. The molecule has 3 aromatic carbocycles. The average Bonchev–Trinajstić information content (AvgIpc) is 2.85. The number of amides is 2. The molecule has 36 heavy (non-hydrogen) atoms. The van der Waals surface area contributed by atoms with Gasteiger partial charge in [0.1, 0.15) is 11.9 Å². The fraction of sp³-hybridized carbons (Fsp3) is 0.333. The van der Waals surface area contributed by atoms with E-state index < -0.39 is 11.6 Å². The van der Waals surface area contributed by atoms with E-state index in [1.807, 2.05) is 63.2 Å². The summed E-state index contributed by atoms with van der Waals surface area (Å²) in [6.07, 6.45) is 0.953. The normalized spacial score (nSPS) is 13.0. The zero-order valence-electron chi connectivity index (χ0n) is 21.4. The maximum Gasteiger partial charge on any atom is 0.251 e. The van der Waals surface area contributed by atoms with Crippen molar-refractivity contribution in [2.24, 2.45) is 5.92 Å². The van der Waals surface area contributed by atoms with Crippen LogP contribution in [0, 0.1) is 11.7 Å². The van der Waals surface area contributed by atoms with Gasteiger partial charge in [0, 0.05) is 24.8 Å². The molecule has 2 atom stereocenters. The standard InChI is InChI=1S/C30H35FN2O3/c1-21(20-36-4)18-27(29(35)33-30(2,3)19-22-10-16-26(31)17-11-22)32-28(34)25-14-12-24(13-15-25)23-8-6-5-7-9-23/h5-17,21,27H,18-20H2,1-4H3,(H,32,34)(H,33,35)/t21?,27-/m0/s1. The quantitative estimate of drug-likeness (QED) is 0.378. The van der Waals surface area contributed by atoms with Gasteiger partial charge >= 0.3 is 0 Å². The SMILES string of the molecule is COCC(C)C[C@H](NC(=O)c1ccc(-c2ccccc2)cc1)C(=O)NC(C)(C)Cc1ccc(F)cc1. The van der Waals surface area contributed by atoms with E-state index in [9.17, 15) is 14.0 Å². The first kappa shape index (κ1) is 27.1. The van der Waals surface area contributed by atoms with Crippen molar-refractivity contribution in [3.05, 3.63) is 95.8 Å². The summed E-state index contributed by atoms with van der Waals surface area (Å²) < 4.78 is 18.5. The van der Waals surface area contributed by atoms with Gasteiger partial charge in [0.15, 0.2) is 0 Å². The number of carbonyl (C=O) groups is 2. The molecular formula is C30H35FN2O3. The highest BCUT2D eigenvalue weighted by atomic mass is 19.1. The van der Waals surface area contributed by atoms with Crippen molar-refractivity contribution in [3.8, 4) is 11.1 Å². The fourth-order valence-electron chi connectivity index (χ4n) is 4.25. The maximum atomic E-state index is 13.3. The van der Waals surface area contributed by atoms with Crippen molar-refractivity contribution in [3.63, 3.8) is 0 Å². The van der Waals surface area contributed by atoms with Crippen LogP contribution in [0.4, 0.5) is 4.39 Å². The number of ether oxygens (including phenoxy) is 1. The monoisotopic (exact) mass is 490 g/mol. The largest absolute Gasteiger partial charge is 0.384 e. The van der Waals surface area contributed by atoms with Crippen LogP contribution in [0.1, 0.15) is 43.1 Å². The van der Waals surface area contributed by atoms with Crippen molar-refractivity contribution in [2.75, 3.05) is 13.7 Å². The Kier molecular flexibility index (Phi) is 9.37. The number of halogens is 1. The summed E-state index contributed by atoms with van der Waals surface area (Å²) in [6.45, 7) is 6.28. The number of rotatable bonds is 11. The van der Waals surface area contributed by atoms with E-state index in [0.717, 1.165) is 16.7 Å². The molecule has 0 aliphatic rings. The van der Waals surface area contributed by atoms with Crippen molar-refractivity contribution in [1.82, 2.24) is 10.6 Å². The van der Waals surface area contributed by atoms with Gasteiger partial charge in [-0.05, 0) is 73.6 Å². The third kappa shape index (κ3) is 8.02. The second-order valence-electron chi connectivity index (χ2n) is 9.94. The van der Waals surface area contributed by atoms with E-state index in [1.165, 1.54) is 12.1 Å². The third-order valence-electron chi connectivity index (χ3n) is 5.99. The molecule has 0 aliphatic heterocycles. The van der Waals surface area contributed by atoms with Gasteiger partial charge in [-0.3, -0.25) is 9.59 Å². The first-order valence-corrected chi connectivity index (χ1v) is 12.2. The van der Waals surface area contributed by atoms with Crippen LogP contribution >= 0.6 is 0 Å². The molecule has 5 nitrogen and oxygen atoms in total. The van der Waals surface area contributed by atoms with Gasteiger partial charge in [0.25, 0.3) is 5.91 Å². The minimum atomic E-state index is -0.732. The maximum absolute atomic E-state index is 13.3. The van der Waals surface area contributed by atoms with Crippen LogP contribution in [0.15, 0.2) is 78.9 Å². The average molecular weight is 491 g/mol. The number of carbonyl (C=O) groups excluding carboxylic acids is 2. The molecule has 6 heteroatoms. The molecule has 0 heterocycles. The van der Waals surface area contributed by atoms with Crippen molar-refractivity contribution in [1.29, 1.82) is 0 Å². The van der Waals surface area contributed by atoms with E-state index >= 15 is 0 Å². The summed E-state index contributed by atoms with van der Waals surface area (Å²) >= 11 is 0. The Balaban J connectivity index is 1.71. The molecule has 190 valence electrons. The lowest BCUT2D eigenvalue weighted by atomic mass is 9.93. The molecule has 1 unspecified atom stereocenters. The van der Waals surface area contributed by atoms with Crippen molar-refractivity contribution >= 4 is 11.8 Å². The van der Waals surface area contributed by atoms with Crippen LogP contribution in [-0.4, -0.2) is 37.1 Å².